The Bertz CT molecular complexity index is 853. The van der Waals surface area contributed by atoms with Crippen LogP contribution < -0.4 is 26.0 Å². The average Bonchev–Trinajstić information content (AvgIpc) is 3.60. The lowest BCUT2D eigenvalue weighted by atomic mass is 10.1. The van der Waals surface area contributed by atoms with Crippen molar-refractivity contribution in [3.63, 3.8) is 0 Å². The van der Waals surface area contributed by atoms with Crippen molar-refractivity contribution in [1.82, 2.24) is 21.3 Å². The lowest BCUT2D eigenvalue weighted by molar-refractivity contribution is -0.127. The SMILES string of the molecule is CC(C)[C@H]1COc2ccccc2C(=O)N[C@H](C(=O)NCC2CC2)CCC(=O)NCC(=O)N1. The van der Waals surface area contributed by atoms with E-state index < -0.39 is 11.9 Å². The molecule has 0 radical (unpaired) electrons. The molecule has 1 aromatic carbocycles. The van der Waals surface area contributed by atoms with Gasteiger partial charge in [0, 0.05) is 13.0 Å². The molecule has 1 aliphatic heterocycles. The monoisotopic (exact) mass is 444 g/mol. The van der Waals surface area contributed by atoms with Crippen molar-refractivity contribution in [2.24, 2.45) is 11.8 Å². The second-order valence-corrected chi connectivity index (χ2v) is 8.76. The van der Waals surface area contributed by atoms with Gasteiger partial charge in [0.05, 0.1) is 18.2 Å². The third kappa shape index (κ3) is 6.96. The van der Waals surface area contributed by atoms with E-state index in [9.17, 15) is 19.2 Å². The fraction of sp³-hybridized carbons (Fsp3) is 0.565. The van der Waals surface area contributed by atoms with Crippen molar-refractivity contribution in [3.05, 3.63) is 29.8 Å². The zero-order valence-electron chi connectivity index (χ0n) is 18.6. The van der Waals surface area contributed by atoms with E-state index in [1.54, 1.807) is 24.3 Å². The Morgan fingerprint density at radius 1 is 1.09 bits per heavy atom. The first-order valence-electron chi connectivity index (χ1n) is 11.2. The molecule has 1 saturated carbocycles. The van der Waals surface area contributed by atoms with Crippen LogP contribution in [-0.4, -0.2) is 55.4 Å². The third-order valence-electron chi connectivity index (χ3n) is 5.69. The number of nitrogens with one attached hydrogen (secondary N) is 4. The van der Waals surface area contributed by atoms with Crippen LogP contribution in [0.25, 0.3) is 0 Å². The zero-order chi connectivity index (χ0) is 23.1. The Balaban J connectivity index is 1.80. The fourth-order valence-electron chi connectivity index (χ4n) is 3.36. The first kappa shape index (κ1) is 23.6. The molecule has 2 atom stereocenters. The summed E-state index contributed by atoms with van der Waals surface area (Å²) in [4.78, 5) is 50.3. The molecule has 2 aliphatic rings. The summed E-state index contributed by atoms with van der Waals surface area (Å²) in [7, 11) is 0. The average molecular weight is 445 g/mol. The standard InChI is InChI=1S/C23H32N4O5/c1-14(2)18-13-32-19-6-4-3-5-16(19)22(30)27-17(23(31)25-11-15-7-8-15)9-10-20(28)24-12-21(29)26-18/h3-6,14-15,17-18H,7-13H2,1-2H3,(H,24,28)(H,25,31)(H,26,29)(H,27,30)/t17-,18+/m0/s1. The summed E-state index contributed by atoms with van der Waals surface area (Å²) < 4.78 is 5.90. The highest BCUT2D eigenvalue weighted by molar-refractivity contribution is 5.99. The quantitative estimate of drug-likeness (QED) is 0.545. The second-order valence-electron chi connectivity index (χ2n) is 8.76. The summed E-state index contributed by atoms with van der Waals surface area (Å²) in [5.41, 5.74) is 0.292. The summed E-state index contributed by atoms with van der Waals surface area (Å²) in [6.07, 6.45) is 2.29. The third-order valence-corrected chi connectivity index (χ3v) is 5.69. The van der Waals surface area contributed by atoms with Crippen LogP contribution in [0.3, 0.4) is 0 Å². The van der Waals surface area contributed by atoms with Gasteiger partial charge in [-0.1, -0.05) is 26.0 Å². The Labute approximate surface area is 188 Å². The number of para-hydroxylation sites is 1. The molecular formula is C23H32N4O5. The molecule has 0 saturated heterocycles. The molecule has 174 valence electrons. The predicted octanol–water partition coefficient (Wildman–Crippen LogP) is 0.741. The normalized spacial score (nSPS) is 22.9. The fourth-order valence-corrected chi connectivity index (χ4v) is 3.36. The summed E-state index contributed by atoms with van der Waals surface area (Å²) in [6.45, 7) is 4.46. The molecule has 0 unspecified atom stereocenters. The maximum atomic E-state index is 13.0. The number of hydrogen-bond donors (Lipinski definition) is 4. The number of carbonyl (C=O) groups is 4. The van der Waals surface area contributed by atoms with Gasteiger partial charge in [-0.3, -0.25) is 19.2 Å². The number of carbonyl (C=O) groups excluding carboxylic acids is 4. The molecule has 1 heterocycles. The van der Waals surface area contributed by atoms with Gasteiger partial charge in [0.25, 0.3) is 5.91 Å². The van der Waals surface area contributed by atoms with Crippen molar-refractivity contribution in [2.45, 2.75) is 51.6 Å². The first-order chi connectivity index (χ1) is 15.3. The molecule has 0 bridgehead atoms. The number of rotatable bonds is 4. The molecule has 1 aliphatic carbocycles. The van der Waals surface area contributed by atoms with Gasteiger partial charge in [-0.25, -0.2) is 0 Å². The molecule has 3 rings (SSSR count). The lowest BCUT2D eigenvalue weighted by Gasteiger charge is -2.23. The van der Waals surface area contributed by atoms with Gasteiger partial charge in [0.2, 0.25) is 17.7 Å². The topological polar surface area (TPSA) is 126 Å². The van der Waals surface area contributed by atoms with Crippen LogP contribution in [-0.2, 0) is 14.4 Å². The molecule has 4 amide bonds. The van der Waals surface area contributed by atoms with Gasteiger partial charge in [0.15, 0.2) is 0 Å². The van der Waals surface area contributed by atoms with Gasteiger partial charge in [-0.15, -0.1) is 0 Å². The highest BCUT2D eigenvalue weighted by Gasteiger charge is 2.27. The van der Waals surface area contributed by atoms with E-state index in [4.69, 9.17) is 4.74 Å². The van der Waals surface area contributed by atoms with Crippen LogP contribution in [0.5, 0.6) is 5.75 Å². The van der Waals surface area contributed by atoms with Gasteiger partial charge >= 0.3 is 0 Å². The van der Waals surface area contributed by atoms with Gasteiger partial charge < -0.3 is 26.0 Å². The molecule has 1 fully saturated rings. The van der Waals surface area contributed by atoms with Crippen molar-refractivity contribution in [1.29, 1.82) is 0 Å². The van der Waals surface area contributed by atoms with Crippen molar-refractivity contribution < 1.29 is 23.9 Å². The van der Waals surface area contributed by atoms with Crippen LogP contribution in [0, 0.1) is 11.8 Å². The van der Waals surface area contributed by atoms with Crippen LogP contribution in [0.4, 0.5) is 0 Å². The van der Waals surface area contributed by atoms with Crippen molar-refractivity contribution >= 4 is 23.6 Å². The molecule has 9 nitrogen and oxygen atoms in total. The summed E-state index contributed by atoms with van der Waals surface area (Å²) in [5.74, 6) is -0.525. The molecule has 1 aromatic rings. The van der Waals surface area contributed by atoms with E-state index in [0.29, 0.717) is 23.8 Å². The van der Waals surface area contributed by atoms with Gasteiger partial charge in [0.1, 0.15) is 18.4 Å². The maximum Gasteiger partial charge on any atom is 0.255 e. The van der Waals surface area contributed by atoms with Crippen LogP contribution in [0.1, 0.15) is 49.9 Å². The molecule has 9 heteroatoms. The van der Waals surface area contributed by atoms with E-state index in [2.05, 4.69) is 21.3 Å². The van der Waals surface area contributed by atoms with Gasteiger partial charge in [-0.2, -0.15) is 0 Å². The largest absolute Gasteiger partial charge is 0.491 e. The van der Waals surface area contributed by atoms with Crippen LogP contribution in [0.15, 0.2) is 24.3 Å². The molecular weight excluding hydrogens is 412 g/mol. The smallest absolute Gasteiger partial charge is 0.255 e. The summed E-state index contributed by atoms with van der Waals surface area (Å²) in [6, 6.07) is 5.60. The van der Waals surface area contributed by atoms with E-state index in [1.807, 2.05) is 13.8 Å². The summed E-state index contributed by atoms with van der Waals surface area (Å²) >= 11 is 0. The predicted molar refractivity (Wildman–Crippen MR) is 118 cm³/mol. The second kappa shape index (κ2) is 11.0. The Hall–Kier alpha value is -3.10. The van der Waals surface area contributed by atoms with Gasteiger partial charge in [-0.05, 0) is 43.2 Å². The minimum absolute atomic E-state index is 0.000825. The zero-order valence-corrected chi connectivity index (χ0v) is 18.6. The van der Waals surface area contributed by atoms with E-state index >= 15 is 0 Å². The molecule has 0 spiro atoms. The Morgan fingerprint density at radius 2 is 1.84 bits per heavy atom. The number of benzene rings is 1. The lowest BCUT2D eigenvalue weighted by Crippen LogP contribution is -2.48. The summed E-state index contributed by atoms with van der Waals surface area (Å²) in [5, 5.41) is 11.1. The molecule has 32 heavy (non-hydrogen) atoms. The van der Waals surface area contributed by atoms with E-state index in [-0.39, 0.29) is 55.7 Å². The van der Waals surface area contributed by atoms with Crippen LogP contribution >= 0.6 is 0 Å². The molecule has 0 aromatic heterocycles. The van der Waals surface area contributed by atoms with Crippen molar-refractivity contribution in [3.8, 4) is 5.75 Å². The number of amides is 4. The van der Waals surface area contributed by atoms with Crippen molar-refractivity contribution in [2.75, 3.05) is 19.7 Å². The van der Waals surface area contributed by atoms with E-state index in [1.165, 1.54) is 0 Å². The Kier molecular flexibility index (Phi) is 8.08. The first-order valence-corrected chi connectivity index (χ1v) is 11.2. The highest BCUT2D eigenvalue weighted by atomic mass is 16.5. The Morgan fingerprint density at radius 3 is 2.56 bits per heavy atom. The highest BCUT2D eigenvalue weighted by Crippen LogP contribution is 2.27. The van der Waals surface area contributed by atoms with E-state index in [0.717, 1.165) is 12.8 Å². The number of hydrogen-bond acceptors (Lipinski definition) is 5. The number of ether oxygens (including phenoxy) is 1. The maximum absolute atomic E-state index is 13.0. The molecule has 4 N–H and O–H groups in total. The minimum atomic E-state index is -0.873. The number of fused-ring (bicyclic) bond motifs is 1. The minimum Gasteiger partial charge on any atom is -0.491 e. The van der Waals surface area contributed by atoms with Crippen LogP contribution in [0.2, 0.25) is 0 Å².